The number of ether oxygens (including phenoxy) is 1. The van der Waals surface area contributed by atoms with Gasteiger partial charge < -0.3 is 10.1 Å². The predicted octanol–water partition coefficient (Wildman–Crippen LogP) is 2.22. The zero-order chi connectivity index (χ0) is 11.4. The Kier molecular flexibility index (Phi) is 3.91. The molecule has 0 radical (unpaired) electrons. The molecule has 1 saturated heterocycles. The first-order valence-corrected chi connectivity index (χ1v) is 6.09. The van der Waals surface area contributed by atoms with E-state index in [1.165, 1.54) is 12.0 Å². The van der Waals surface area contributed by atoms with E-state index in [0.29, 0.717) is 12.1 Å². The van der Waals surface area contributed by atoms with Crippen LogP contribution in [0.4, 0.5) is 0 Å². The maximum atomic E-state index is 5.76. The Hall–Kier alpha value is -0.930. The van der Waals surface area contributed by atoms with E-state index in [1.807, 2.05) is 13.1 Å². The summed E-state index contributed by atoms with van der Waals surface area (Å²) in [6.45, 7) is 5.99. The number of rotatable bonds is 4. The summed E-state index contributed by atoms with van der Waals surface area (Å²) in [4.78, 5) is 4.36. The summed E-state index contributed by atoms with van der Waals surface area (Å²) < 4.78 is 5.76. The second-order valence-electron chi connectivity index (χ2n) is 4.32. The lowest BCUT2D eigenvalue weighted by atomic mass is 10.0. The van der Waals surface area contributed by atoms with Crippen LogP contribution in [0.25, 0.3) is 0 Å². The van der Waals surface area contributed by atoms with E-state index in [1.54, 1.807) is 0 Å². The van der Waals surface area contributed by atoms with Gasteiger partial charge in [-0.3, -0.25) is 4.98 Å². The van der Waals surface area contributed by atoms with Crippen LogP contribution in [0.15, 0.2) is 18.3 Å². The lowest BCUT2D eigenvalue weighted by molar-refractivity contribution is 0.0787. The van der Waals surface area contributed by atoms with Crippen LogP contribution in [0.2, 0.25) is 0 Å². The monoisotopic (exact) mass is 220 g/mol. The molecule has 2 heterocycles. The van der Waals surface area contributed by atoms with Crippen LogP contribution in [0, 0.1) is 6.92 Å². The number of hydrogen-bond acceptors (Lipinski definition) is 3. The van der Waals surface area contributed by atoms with E-state index >= 15 is 0 Å². The molecule has 0 aromatic carbocycles. The third kappa shape index (κ3) is 2.60. The number of aryl methyl sites for hydroxylation is 1. The van der Waals surface area contributed by atoms with Gasteiger partial charge in [0, 0.05) is 18.5 Å². The topological polar surface area (TPSA) is 34.2 Å². The average Bonchev–Trinajstić information content (AvgIpc) is 2.81. The van der Waals surface area contributed by atoms with Crippen LogP contribution >= 0.6 is 0 Å². The molecule has 2 atom stereocenters. The van der Waals surface area contributed by atoms with Gasteiger partial charge in [0.1, 0.15) is 0 Å². The fraction of sp³-hybridized carbons (Fsp3) is 0.615. The molecule has 2 rings (SSSR count). The standard InChI is InChI=1S/C13H20N2O/c1-3-14-13(12-5-4-8-16-12)11-7-6-10(2)15-9-11/h6-7,9,12-14H,3-5,8H2,1-2H3. The van der Waals surface area contributed by atoms with Gasteiger partial charge in [-0.15, -0.1) is 0 Å². The van der Waals surface area contributed by atoms with Crippen molar-refractivity contribution in [3.05, 3.63) is 29.6 Å². The number of nitrogens with one attached hydrogen (secondary N) is 1. The highest BCUT2D eigenvalue weighted by atomic mass is 16.5. The Bertz CT molecular complexity index is 317. The number of pyridine rings is 1. The Morgan fingerprint density at radius 2 is 2.44 bits per heavy atom. The minimum absolute atomic E-state index is 0.292. The lowest BCUT2D eigenvalue weighted by Gasteiger charge is -2.24. The number of nitrogens with zero attached hydrogens (tertiary/aromatic N) is 1. The van der Waals surface area contributed by atoms with Crippen molar-refractivity contribution in [2.45, 2.75) is 38.8 Å². The van der Waals surface area contributed by atoms with Gasteiger partial charge in [0.15, 0.2) is 0 Å². The van der Waals surface area contributed by atoms with Gasteiger partial charge in [-0.25, -0.2) is 0 Å². The summed E-state index contributed by atoms with van der Waals surface area (Å²) in [7, 11) is 0. The molecule has 1 aromatic heterocycles. The second kappa shape index (κ2) is 5.41. The SMILES string of the molecule is CCNC(c1ccc(C)nc1)C1CCCO1. The molecule has 2 unspecified atom stereocenters. The maximum Gasteiger partial charge on any atom is 0.0771 e. The fourth-order valence-corrected chi connectivity index (χ4v) is 2.21. The number of likely N-dealkylation sites (N-methyl/N-ethyl adjacent to an activating group) is 1. The molecule has 0 spiro atoms. The highest BCUT2D eigenvalue weighted by Crippen LogP contribution is 2.26. The molecular weight excluding hydrogens is 200 g/mol. The van der Waals surface area contributed by atoms with Crippen molar-refractivity contribution in [1.82, 2.24) is 10.3 Å². The van der Waals surface area contributed by atoms with Crippen LogP contribution in [0.1, 0.15) is 37.1 Å². The van der Waals surface area contributed by atoms with Gasteiger partial charge in [-0.2, -0.15) is 0 Å². The minimum atomic E-state index is 0.292. The summed E-state index contributed by atoms with van der Waals surface area (Å²) >= 11 is 0. The summed E-state index contributed by atoms with van der Waals surface area (Å²) in [5.74, 6) is 0. The molecular formula is C13H20N2O. The van der Waals surface area contributed by atoms with Gasteiger partial charge in [-0.1, -0.05) is 13.0 Å². The van der Waals surface area contributed by atoms with E-state index in [9.17, 15) is 0 Å². The molecule has 0 aliphatic carbocycles. The van der Waals surface area contributed by atoms with Crippen LogP contribution in [0.3, 0.4) is 0 Å². The summed E-state index contributed by atoms with van der Waals surface area (Å²) in [5.41, 5.74) is 2.30. The average molecular weight is 220 g/mol. The molecule has 1 aliphatic rings. The molecule has 1 aliphatic heterocycles. The van der Waals surface area contributed by atoms with Crippen molar-refractivity contribution in [2.24, 2.45) is 0 Å². The van der Waals surface area contributed by atoms with E-state index in [2.05, 4.69) is 29.4 Å². The summed E-state index contributed by atoms with van der Waals surface area (Å²) in [5, 5.41) is 3.50. The Balaban J connectivity index is 2.14. The molecule has 1 fully saturated rings. The highest BCUT2D eigenvalue weighted by molar-refractivity contribution is 5.18. The van der Waals surface area contributed by atoms with Crippen molar-refractivity contribution in [3.63, 3.8) is 0 Å². The second-order valence-corrected chi connectivity index (χ2v) is 4.32. The smallest absolute Gasteiger partial charge is 0.0771 e. The Morgan fingerprint density at radius 3 is 3.00 bits per heavy atom. The van der Waals surface area contributed by atoms with Gasteiger partial charge in [-0.05, 0) is 37.9 Å². The molecule has 0 saturated carbocycles. The zero-order valence-electron chi connectivity index (χ0n) is 10.1. The van der Waals surface area contributed by atoms with Gasteiger partial charge in [0.05, 0.1) is 12.1 Å². The minimum Gasteiger partial charge on any atom is -0.376 e. The molecule has 1 aromatic rings. The van der Waals surface area contributed by atoms with Crippen molar-refractivity contribution in [2.75, 3.05) is 13.2 Å². The molecule has 16 heavy (non-hydrogen) atoms. The van der Waals surface area contributed by atoms with E-state index in [4.69, 9.17) is 4.74 Å². The largest absolute Gasteiger partial charge is 0.376 e. The van der Waals surface area contributed by atoms with Crippen LogP contribution in [-0.4, -0.2) is 24.2 Å². The first-order valence-electron chi connectivity index (χ1n) is 6.09. The Labute approximate surface area is 97.2 Å². The van der Waals surface area contributed by atoms with E-state index in [-0.39, 0.29) is 0 Å². The van der Waals surface area contributed by atoms with Crippen molar-refractivity contribution >= 4 is 0 Å². The summed E-state index contributed by atoms with van der Waals surface area (Å²) in [6.07, 6.45) is 4.59. The van der Waals surface area contributed by atoms with Crippen LogP contribution in [-0.2, 0) is 4.74 Å². The number of hydrogen-bond donors (Lipinski definition) is 1. The van der Waals surface area contributed by atoms with Crippen LogP contribution < -0.4 is 5.32 Å². The van der Waals surface area contributed by atoms with Gasteiger partial charge in [0.2, 0.25) is 0 Å². The van der Waals surface area contributed by atoms with Gasteiger partial charge in [0.25, 0.3) is 0 Å². The maximum absolute atomic E-state index is 5.76. The summed E-state index contributed by atoms with van der Waals surface area (Å²) in [6, 6.07) is 4.51. The Morgan fingerprint density at radius 1 is 1.56 bits per heavy atom. The molecule has 1 N–H and O–H groups in total. The third-order valence-corrected chi connectivity index (χ3v) is 3.05. The molecule has 88 valence electrons. The zero-order valence-corrected chi connectivity index (χ0v) is 10.1. The van der Waals surface area contributed by atoms with Gasteiger partial charge >= 0.3 is 0 Å². The first kappa shape index (κ1) is 11.6. The lowest BCUT2D eigenvalue weighted by Crippen LogP contribution is -2.31. The molecule has 3 nitrogen and oxygen atoms in total. The van der Waals surface area contributed by atoms with Crippen LogP contribution in [0.5, 0.6) is 0 Å². The molecule has 3 heteroatoms. The highest BCUT2D eigenvalue weighted by Gasteiger charge is 2.26. The molecule has 0 amide bonds. The first-order chi connectivity index (χ1) is 7.81. The van der Waals surface area contributed by atoms with Crippen molar-refractivity contribution in [1.29, 1.82) is 0 Å². The number of aromatic nitrogens is 1. The predicted molar refractivity (Wildman–Crippen MR) is 64.4 cm³/mol. The van der Waals surface area contributed by atoms with E-state index < -0.39 is 0 Å². The van der Waals surface area contributed by atoms with Crippen molar-refractivity contribution < 1.29 is 4.74 Å². The normalized spacial score (nSPS) is 22.2. The van der Waals surface area contributed by atoms with Crippen molar-refractivity contribution in [3.8, 4) is 0 Å². The molecule has 0 bridgehead atoms. The van der Waals surface area contributed by atoms with E-state index in [0.717, 1.165) is 25.3 Å². The fourth-order valence-electron chi connectivity index (χ4n) is 2.21. The third-order valence-electron chi connectivity index (χ3n) is 3.05. The quantitative estimate of drug-likeness (QED) is 0.845.